The minimum atomic E-state index is -0.816. The molecule has 0 heterocycles. The number of carbonyl (C=O) groups excluding carboxylic acids is 2. The highest BCUT2D eigenvalue weighted by Gasteiger charge is 2.20. The molecule has 0 aliphatic heterocycles. The van der Waals surface area contributed by atoms with Gasteiger partial charge in [-0.05, 0) is 36.5 Å². The number of nitrogens with one attached hydrogen (secondary N) is 1. The molecule has 138 valence electrons. The van der Waals surface area contributed by atoms with Crippen molar-refractivity contribution < 1.29 is 19.1 Å². The number of alkyl carbamates (subject to hydrolysis) is 1. The second-order valence-corrected chi connectivity index (χ2v) is 6.20. The Morgan fingerprint density at radius 2 is 1.65 bits per heavy atom. The SMILES string of the molecule is CCC(C)c1ccccc1OC(=O)[C@H](C)NC(=O)OCc1ccccc1. The first-order valence-electron chi connectivity index (χ1n) is 8.79. The van der Waals surface area contributed by atoms with Crippen molar-refractivity contribution in [1.29, 1.82) is 0 Å². The topological polar surface area (TPSA) is 64.6 Å². The van der Waals surface area contributed by atoms with Crippen LogP contribution in [0, 0.1) is 0 Å². The molecule has 0 spiro atoms. The van der Waals surface area contributed by atoms with Gasteiger partial charge >= 0.3 is 12.1 Å². The maximum absolute atomic E-state index is 12.3. The van der Waals surface area contributed by atoms with Crippen LogP contribution in [0.15, 0.2) is 54.6 Å². The molecule has 0 radical (unpaired) electrons. The predicted molar refractivity (Wildman–Crippen MR) is 100 cm³/mol. The van der Waals surface area contributed by atoms with Crippen LogP contribution in [0.3, 0.4) is 0 Å². The third-order valence-corrected chi connectivity index (χ3v) is 4.17. The van der Waals surface area contributed by atoms with Crippen LogP contribution in [-0.2, 0) is 16.1 Å². The lowest BCUT2D eigenvalue weighted by Gasteiger charge is -2.17. The van der Waals surface area contributed by atoms with Gasteiger partial charge in [0.15, 0.2) is 0 Å². The third-order valence-electron chi connectivity index (χ3n) is 4.17. The van der Waals surface area contributed by atoms with E-state index in [2.05, 4.69) is 19.2 Å². The Morgan fingerprint density at radius 3 is 2.35 bits per heavy atom. The van der Waals surface area contributed by atoms with Crippen molar-refractivity contribution >= 4 is 12.1 Å². The van der Waals surface area contributed by atoms with Gasteiger partial charge in [-0.2, -0.15) is 0 Å². The van der Waals surface area contributed by atoms with Gasteiger partial charge in [0, 0.05) is 0 Å². The third kappa shape index (κ3) is 5.62. The largest absolute Gasteiger partial charge is 0.445 e. The summed E-state index contributed by atoms with van der Waals surface area (Å²) in [5, 5.41) is 2.50. The molecule has 26 heavy (non-hydrogen) atoms. The van der Waals surface area contributed by atoms with Crippen LogP contribution in [0.1, 0.15) is 44.2 Å². The van der Waals surface area contributed by atoms with Gasteiger partial charge in [0.1, 0.15) is 18.4 Å². The van der Waals surface area contributed by atoms with Crippen molar-refractivity contribution in [1.82, 2.24) is 5.32 Å². The summed E-state index contributed by atoms with van der Waals surface area (Å²) in [5.74, 6) is 0.272. The van der Waals surface area contributed by atoms with Crippen LogP contribution in [0.4, 0.5) is 4.79 Å². The summed E-state index contributed by atoms with van der Waals surface area (Å²) < 4.78 is 10.6. The summed E-state index contributed by atoms with van der Waals surface area (Å²) in [6, 6.07) is 16.0. The van der Waals surface area contributed by atoms with Gasteiger partial charge in [0.2, 0.25) is 0 Å². The Balaban J connectivity index is 1.88. The van der Waals surface area contributed by atoms with Crippen molar-refractivity contribution in [3.8, 4) is 5.75 Å². The minimum absolute atomic E-state index is 0.144. The lowest BCUT2D eigenvalue weighted by atomic mass is 9.98. The number of amides is 1. The zero-order chi connectivity index (χ0) is 18.9. The fourth-order valence-corrected chi connectivity index (χ4v) is 2.40. The number of para-hydroxylation sites is 1. The van der Waals surface area contributed by atoms with Crippen LogP contribution in [-0.4, -0.2) is 18.1 Å². The highest BCUT2D eigenvalue weighted by molar-refractivity contribution is 5.82. The number of carbonyl (C=O) groups is 2. The Morgan fingerprint density at radius 1 is 1.00 bits per heavy atom. The standard InChI is InChI=1S/C21H25NO4/c1-4-15(2)18-12-8-9-13-19(18)26-20(23)16(3)22-21(24)25-14-17-10-6-5-7-11-17/h5-13,15-16H,4,14H2,1-3H3,(H,22,24)/t15?,16-/m0/s1. The number of hydrogen-bond donors (Lipinski definition) is 1. The zero-order valence-electron chi connectivity index (χ0n) is 15.4. The highest BCUT2D eigenvalue weighted by atomic mass is 16.6. The number of ether oxygens (including phenoxy) is 2. The van der Waals surface area contributed by atoms with Gasteiger partial charge in [-0.3, -0.25) is 0 Å². The molecule has 0 bridgehead atoms. The van der Waals surface area contributed by atoms with E-state index in [9.17, 15) is 9.59 Å². The first kappa shape index (κ1) is 19.5. The second-order valence-electron chi connectivity index (χ2n) is 6.20. The van der Waals surface area contributed by atoms with Crippen LogP contribution in [0.5, 0.6) is 5.75 Å². The number of benzene rings is 2. The number of rotatable bonds is 7. The number of esters is 1. The van der Waals surface area contributed by atoms with Crippen LogP contribution < -0.4 is 10.1 Å². The summed E-state index contributed by atoms with van der Waals surface area (Å²) in [6.45, 7) is 5.87. The van der Waals surface area contributed by atoms with Gasteiger partial charge in [-0.15, -0.1) is 0 Å². The van der Waals surface area contributed by atoms with Crippen molar-refractivity contribution in [2.75, 3.05) is 0 Å². The van der Waals surface area contributed by atoms with Gasteiger partial charge < -0.3 is 14.8 Å². The normalized spacial score (nSPS) is 12.7. The first-order chi connectivity index (χ1) is 12.5. The lowest BCUT2D eigenvalue weighted by molar-refractivity contribution is -0.136. The molecule has 0 aromatic heterocycles. The minimum Gasteiger partial charge on any atom is -0.445 e. The molecule has 1 N–H and O–H groups in total. The fraction of sp³-hybridized carbons (Fsp3) is 0.333. The molecule has 2 aromatic carbocycles. The summed E-state index contributed by atoms with van der Waals surface area (Å²) in [6.07, 6.45) is 0.280. The van der Waals surface area contributed by atoms with Gasteiger partial charge in [-0.1, -0.05) is 62.4 Å². The maximum atomic E-state index is 12.3. The fourth-order valence-electron chi connectivity index (χ4n) is 2.40. The van der Waals surface area contributed by atoms with Gasteiger partial charge in [-0.25, -0.2) is 9.59 Å². The van der Waals surface area contributed by atoms with Crippen LogP contribution in [0.2, 0.25) is 0 Å². The van der Waals surface area contributed by atoms with Crippen molar-refractivity contribution in [3.63, 3.8) is 0 Å². The molecule has 1 unspecified atom stereocenters. The van der Waals surface area contributed by atoms with E-state index >= 15 is 0 Å². The Kier molecular flexibility index (Phi) is 7.21. The zero-order valence-corrected chi connectivity index (χ0v) is 15.4. The van der Waals surface area contributed by atoms with E-state index in [4.69, 9.17) is 9.47 Å². The van der Waals surface area contributed by atoms with Crippen LogP contribution in [0.25, 0.3) is 0 Å². The van der Waals surface area contributed by atoms with Crippen LogP contribution >= 0.6 is 0 Å². The summed E-state index contributed by atoms with van der Waals surface area (Å²) in [4.78, 5) is 24.2. The van der Waals surface area contributed by atoms with E-state index in [1.807, 2.05) is 48.5 Å². The molecular formula is C21H25NO4. The molecule has 2 aromatic rings. The van der Waals surface area contributed by atoms with E-state index in [-0.39, 0.29) is 12.5 Å². The van der Waals surface area contributed by atoms with E-state index in [0.29, 0.717) is 5.75 Å². The highest BCUT2D eigenvalue weighted by Crippen LogP contribution is 2.28. The average Bonchev–Trinajstić information content (AvgIpc) is 2.67. The van der Waals surface area contributed by atoms with E-state index in [1.165, 1.54) is 0 Å². The van der Waals surface area contributed by atoms with E-state index in [0.717, 1.165) is 17.5 Å². The Hall–Kier alpha value is -2.82. The second kappa shape index (κ2) is 9.61. The summed E-state index contributed by atoms with van der Waals surface area (Å²) in [7, 11) is 0. The van der Waals surface area contributed by atoms with Gasteiger partial charge in [0.25, 0.3) is 0 Å². The molecule has 2 atom stereocenters. The molecule has 5 nitrogen and oxygen atoms in total. The number of hydrogen-bond acceptors (Lipinski definition) is 4. The molecule has 0 saturated carbocycles. The quantitative estimate of drug-likeness (QED) is 0.590. The average molecular weight is 355 g/mol. The Labute approximate surface area is 154 Å². The summed E-state index contributed by atoms with van der Waals surface area (Å²) in [5.41, 5.74) is 1.85. The van der Waals surface area contributed by atoms with Crippen molar-refractivity contribution in [3.05, 3.63) is 65.7 Å². The van der Waals surface area contributed by atoms with Crippen molar-refractivity contribution in [2.45, 2.75) is 45.8 Å². The molecule has 5 heteroatoms. The summed E-state index contributed by atoms with van der Waals surface area (Å²) >= 11 is 0. The van der Waals surface area contributed by atoms with E-state index < -0.39 is 18.1 Å². The Bertz CT molecular complexity index is 730. The van der Waals surface area contributed by atoms with E-state index in [1.54, 1.807) is 13.0 Å². The monoisotopic (exact) mass is 355 g/mol. The lowest BCUT2D eigenvalue weighted by Crippen LogP contribution is -2.41. The molecule has 0 fully saturated rings. The maximum Gasteiger partial charge on any atom is 0.408 e. The van der Waals surface area contributed by atoms with Gasteiger partial charge in [0.05, 0.1) is 0 Å². The molecule has 2 rings (SSSR count). The molecule has 0 aliphatic rings. The molecule has 1 amide bonds. The smallest absolute Gasteiger partial charge is 0.408 e. The predicted octanol–water partition coefficient (Wildman–Crippen LogP) is 4.42. The molecular weight excluding hydrogens is 330 g/mol. The first-order valence-corrected chi connectivity index (χ1v) is 8.79. The molecule has 0 aliphatic carbocycles. The molecule has 0 saturated heterocycles. The van der Waals surface area contributed by atoms with Crippen molar-refractivity contribution in [2.24, 2.45) is 0 Å².